The molecule has 1 aliphatic heterocycles. The lowest BCUT2D eigenvalue weighted by molar-refractivity contribution is -0.130. The van der Waals surface area contributed by atoms with Crippen LogP contribution in [0.3, 0.4) is 0 Å². The Balaban J connectivity index is 2.02. The van der Waals surface area contributed by atoms with Crippen molar-refractivity contribution in [2.24, 2.45) is 0 Å². The summed E-state index contributed by atoms with van der Waals surface area (Å²) in [6.45, 7) is 6.88. The molecule has 1 aliphatic rings. The standard InChI is InChI=1S/C13H19N3O4S/c1-3-20-12(18)11-10(21-13(19)14-11)8-15-4-6-16(7-5-15)9(2)17/h3-8H2,1-2H3,(H,14,19). The Hall–Kier alpha value is -1.67. The summed E-state index contributed by atoms with van der Waals surface area (Å²) in [5.74, 6) is -0.415. The van der Waals surface area contributed by atoms with Crippen molar-refractivity contribution in [1.82, 2.24) is 14.8 Å². The monoisotopic (exact) mass is 313 g/mol. The van der Waals surface area contributed by atoms with Crippen molar-refractivity contribution in [3.63, 3.8) is 0 Å². The van der Waals surface area contributed by atoms with E-state index in [-0.39, 0.29) is 23.1 Å². The van der Waals surface area contributed by atoms with E-state index in [4.69, 9.17) is 4.74 Å². The van der Waals surface area contributed by atoms with Crippen molar-refractivity contribution in [2.45, 2.75) is 20.4 Å². The molecule has 0 saturated carbocycles. The number of carbonyl (C=O) groups is 2. The van der Waals surface area contributed by atoms with Crippen LogP contribution in [-0.2, 0) is 16.1 Å². The van der Waals surface area contributed by atoms with E-state index in [1.165, 1.54) is 0 Å². The summed E-state index contributed by atoms with van der Waals surface area (Å²) >= 11 is 1.04. The van der Waals surface area contributed by atoms with E-state index in [1.54, 1.807) is 18.7 Å². The number of piperazine rings is 1. The first-order valence-corrected chi connectivity index (χ1v) is 7.70. The molecule has 2 heterocycles. The number of nitrogens with one attached hydrogen (secondary N) is 1. The minimum Gasteiger partial charge on any atom is -0.461 e. The number of H-pyrrole nitrogens is 1. The number of nitrogens with zero attached hydrogens (tertiary/aromatic N) is 2. The van der Waals surface area contributed by atoms with Crippen LogP contribution < -0.4 is 4.87 Å². The molecule has 1 aromatic rings. The molecule has 0 radical (unpaired) electrons. The van der Waals surface area contributed by atoms with Crippen molar-refractivity contribution in [3.8, 4) is 0 Å². The highest BCUT2D eigenvalue weighted by molar-refractivity contribution is 7.09. The van der Waals surface area contributed by atoms with Crippen LogP contribution in [0.2, 0.25) is 0 Å². The zero-order valence-corrected chi connectivity index (χ0v) is 13.0. The molecule has 2 rings (SSSR count). The quantitative estimate of drug-likeness (QED) is 0.807. The van der Waals surface area contributed by atoms with Gasteiger partial charge in [-0.1, -0.05) is 11.3 Å². The molecule has 0 spiro atoms. The molecule has 1 amide bonds. The van der Waals surface area contributed by atoms with E-state index >= 15 is 0 Å². The average molecular weight is 313 g/mol. The number of esters is 1. The van der Waals surface area contributed by atoms with Gasteiger partial charge in [-0.15, -0.1) is 0 Å². The normalized spacial score (nSPS) is 16.0. The molecule has 1 fully saturated rings. The van der Waals surface area contributed by atoms with Gasteiger partial charge in [-0.25, -0.2) is 4.79 Å². The number of ether oxygens (including phenoxy) is 1. The Labute approximate surface area is 126 Å². The van der Waals surface area contributed by atoms with Gasteiger partial charge in [-0.05, 0) is 6.92 Å². The van der Waals surface area contributed by atoms with E-state index in [2.05, 4.69) is 9.88 Å². The summed E-state index contributed by atoms with van der Waals surface area (Å²) in [6, 6.07) is 0. The summed E-state index contributed by atoms with van der Waals surface area (Å²) in [6.07, 6.45) is 0. The number of aromatic nitrogens is 1. The van der Waals surface area contributed by atoms with Crippen LogP contribution in [0.5, 0.6) is 0 Å². The first kappa shape index (κ1) is 15.7. The molecule has 0 aliphatic carbocycles. The number of hydrogen-bond donors (Lipinski definition) is 1. The summed E-state index contributed by atoms with van der Waals surface area (Å²) in [4.78, 5) is 41.5. The Kier molecular flexibility index (Phi) is 5.13. The van der Waals surface area contributed by atoms with E-state index in [0.29, 0.717) is 24.5 Å². The van der Waals surface area contributed by atoms with Crippen LogP contribution in [0, 0.1) is 0 Å². The van der Waals surface area contributed by atoms with Crippen LogP contribution in [0.4, 0.5) is 0 Å². The Morgan fingerprint density at radius 3 is 2.52 bits per heavy atom. The minimum absolute atomic E-state index is 0.0770. The Morgan fingerprint density at radius 2 is 1.95 bits per heavy atom. The molecule has 0 unspecified atom stereocenters. The maximum atomic E-state index is 11.8. The second-order valence-corrected chi connectivity index (χ2v) is 5.88. The van der Waals surface area contributed by atoms with E-state index in [1.807, 2.05) is 0 Å². The minimum atomic E-state index is -0.492. The highest BCUT2D eigenvalue weighted by Gasteiger charge is 2.23. The SMILES string of the molecule is CCOC(=O)c1[nH]c(=O)sc1CN1CCN(C(C)=O)CC1. The highest BCUT2D eigenvalue weighted by atomic mass is 32.1. The molecule has 1 saturated heterocycles. The number of rotatable bonds is 4. The number of aromatic amines is 1. The lowest BCUT2D eigenvalue weighted by Crippen LogP contribution is -2.47. The number of thiazole rings is 1. The van der Waals surface area contributed by atoms with Crippen molar-refractivity contribution >= 4 is 23.2 Å². The number of amides is 1. The Morgan fingerprint density at radius 1 is 1.29 bits per heavy atom. The third-order valence-corrected chi connectivity index (χ3v) is 4.25. The molecule has 21 heavy (non-hydrogen) atoms. The molecule has 1 aromatic heterocycles. The van der Waals surface area contributed by atoms with Gasteiger partial charge >= 0.3 is 10.8 Å². The molecule has 8 heteroatoms. The van der Waals surface area contributed by atoms with Gasteiger partial charge in [0, 0.05) is 39.6 Å². The van der Waals surface area contributed by atoms with Crippen molar-refractivity contribution < 1.29 is 14.3 Å². The predicted molar refractivity (Wildman–Crippen MR) is 78.4 cm³/mol. The topological polar surface area (TPSA) is 82.7 Å². The van der Waals surface area contributed by atoms with Crippen molar-refractivity contribution in [2.75, 3.05) is 32.8 Å². The highest BCUT2D eigenvalue weighted by Crippen LogP contribution is 2.15. The maximum Gasteiger partial charge on any atom is 0.356 e. The third-order valence-electron chi connectivity index (χ3n) is 3.39. The van der Waals surface area contributed by atoms with Crippen molar-refractivity contribution in [3.05, 3.63) is 20.2 Å². The fraction of sp³-hybridized carbons (Fsp3) is 0.615. The lowest BCUT2D eigenvalue weighted by atomic mass is 10.2. The molecule has 116 valence electrons. The first-order chi connectivity index (χ1) is 10.0. The fourth-order valence-corrected chi connectivity index (χ4v) is 3.12. The largest absolute Gasteiger partial charge is 0.461 e. The summed E-state index contributed by atoms with van der Waals surface area (Å²) < 4.78 is 4.95. The second-order valence-electron chi connectivity index (χ2n) is 4.82. The first-order valence-electron chi connectivity index (χ1n) is 6.88. The summed E-state index contributed by atoms with van der Waals surface area (Å²) in [7, 11) is 0. The predicted octanol–water partition coefficient (Wildman–Crippen LogP) is 0.277. The second kappa shape index (κ2) is 6.86. The average Bonchev–Trinajstić information content (AvgIpc) is 2.80. The van der Waals surface area contributed by atoms with Gasteiger partial charge in [0.05, 0.1) is 11.5 Å². The van der Waals surface area contributed by atoms with Gasteiger partial charge < -0.3 is 14.6 Å². The summed E-state index contributed by atoms with van der Waals surface area (Å²) in [5, 5.41) is 0. The molecule has 0 atom stereocenters. The van der Waals surface area contributed by atoms with Gasteiger partial charge in [0.2, 0.25) is 5.91 Å². The van der Waals surface area contributed by atoms with Crippen LogP contribution in [0.1, 0.15) is 29.2 Å². The summed E-state index contributed by atoms with van der Waals surface area (Å²) in [5.41, 5.74) is 0.251. The zero-order chi connectivity index (χ0) is 15.4. The van der Waals surface area contributed by atoms with Crippen LogP contribution >= 0.6 is 11.3 Å². The molecule has 0 aromatic carbocycles. The van der Waals surface area contributed by atoms with E-state index in [0.717, 1.165) is 24.4 Å². The van der Waals surface area contributed by atoms with E-state index < -0.39 is 5.97 Å². The molecular formula is C13H19N3O4S. The van der Waals surface area contributed by atoms with Gasteiger partial charge in [-0.2, -0.15) is 0 Å². The number of hydrogen-bond acceptors (Lipinski definition) is 6. The number of carbonyl (C=O) groups excluding carboxylic acids is 2. The molecule has 0 bridgehead atoms. The van der Waals surface area contributed by atoms with Gasteiger partial charge in [0.15, 0.2) is 0 Å². The molecule has 7 nitrogen and oxygen atoms in total. The molecular weight excluding hydrogens is 294 g/mol. The third kappa shape index (κ3) is 3.92. The Bertz CT molecular complexity index is 572. The smallest absolute Gasteiger partial charge is 0.356 e. The van der Waals surface area contributed by atoms with E-state index in [9.17, 15) is 14.4 Å². The van der Waals surface area contributed by atoms with Crippen LogP contribution in [-0.4, -0.2) is 59.4 Å². The van der Waals surface area contributed by atoms with Gasteiger partial charge in [0.25, 0.3) is 0 Å². The molecule has 1 N–H and O–H groups in total. The van der Waals surface area contributed by atoms with Gasteiger partial charge in [0.1, 0.15) is 5.69 Å². The van der Waals surface area contributed by atoms with Crippen molar-refractivity contribution in [1.29, 1.82) is 0 Å². The lowest BCUT2D eigenvalue weighted by Gasteiger charge is -2.33. The fourth-order valence-electron chi connectivity index (χ4n) is 2.26. The zero-order valence-electron chi connectivity index (χ0n) is 12.2. The maximum absolute atomic E-state index is 11.8. The van der Waals surface area contributed by atoms with Crippen LogP contribution in [0.25, 0.3) is 0 Å². The van der Waals surface area contributed by atoms with Gasteiger partial charge in [-0.3, -0.25) is 14.5 Å². The van der Waals surface area contributed by atoms with Crippen LogP contribution in [0.15, 0.2) is 4.79 Å².